The second kappa shape index (κ2) is 5.60. The van der Waals surface area contributed by atoms with Crippen LogP contribution in [0.5, 0.6) is 0 Å². The van der Waals surface area contributed by atoms with Crippen LogP contribution in [0, 0.1) is 0 Å². The van der Waals surface area contributed by atoms with Crippen LogP contribution >= 0.6 is 15.9 Å². The summed E-state index contributed by atoms with van der Waals surface area (Å²) in [5, 5.41) is 2.46. The van der Waals surface area contributed by atoms with Crippen LogP contribution in [0.25, 0.3) is 12.2 Å². The first-order valence-corrected chi connectivity index (χ1v) is 6.66. The van der Waals surface area contributed by atoms with Crippen LogP contribution < -0.4 is 16.3 Å². The van der Waals surface area contributed by atoms with Gasteiger partial charge in [0.05, 0.1) is 5.35 Å². The highest BCUT2D eigenvalue weighted by Gasteiger charge is 2.07. The van der Waals surface area contributed by atoms with Gasteiger partial charge in [-0.1, -0.05) is 12.2 Å². The van der Waals surface area contributed by atoms with Crippen LogP contribution in [0.1, 0.15) is 31.2 Å². The molecule has 16 heavy (non-hydrogen) atoms. The molecule has 0 bridgehead atoms. The van der Waals surface area contributed by atoms with E-state index in [9.17, 15) is 0 Å². The summed E-state index contributed by atoms with van der Waals surface area (Å²) < 4.78 is 1.15. The van der Waals surface area contributed by atoms with E-state index in [1.165, 1.54) is 23.6 Å². The fourth-order valence-electron chi connectivity index (χ4n) is 2.08. The van der Waals surface area contributed by atoms with Crippen molar-refractivity contribution in [3.8, 4) is 0 Å². The lowest BCUT2D eigenvalue weighted by Crippen LogP contribution is -2.33. The van der Waals surface area contributed by atoms with Gasteiger partial charge in [0.15, 0.2) is 0 Å². The smallest absolute Gasteiger partial charge is 0.0662 e. The summed E-state index contributed by atoms with van der Waals surface area (Å²) in [7, 11) is 0. The Bertz CT molecular complexity index is 479. The highest BCUT2D eigenvalue weighted by molar-refractivity contribution is 9.10. The third kappa shape index (κ3) is 2.53. The number of pyridine rings is 1. The van der Waals surface area contributed by atoms with Crippen molar-refractivity contribution in [3.63, 3.8) is 0 Å². The monoisotopic (exact) mass is 280 g/mol. The molecule has 0 amide bonds. The van der Waals surface area contributed by atoms with Gasteiger partial charge in [-0.2, -0.15) is 0 Å². The second-order valence-electron chi connectivity index (χ2n) is 4.11. The molecule has 0 saturated heterocycles. The van der Waals surface area contributed by atoms with Gasteiger partial charge in [-0.25, -0.2) is 0 Å². The number of hydrogen-bond donors (Lipinski definition) is 1. The lowest BCUT2D eigenvalue weighted by molar-refractivity contribution is 0.821. The molecule has 86 valence electrons. The molecule has 1 aromatic heterocycles. The first-order chi connectivity index (χ1) is 7.83. The second-order valence-corrected chi connectivity index (χ2v) is 4.97. The first kappa shape index (κ1) is 11.8. The average molecular weight is 281 g/mol. The van der Waals surface area contributed by atoms with Crippen molar-refractivity contribution < 1.29 is 0 Å². The molecule has 2 rings (SSSR count). The summed E-state index contributed by atoms with van der Waals surface area (Å²) in [4.78, 5) is 4.49. The predicted octanol–water partition coefficient (Wildman–Crippen LogP) is 1.48. The van der Waals surface area contributed by atoms with Crippen LogP contribution in [-0.4, -0.2) is 11.5 Å². The number of rotatable bonds is 3. The minimum absolute atomic E-state index is 0.749. The summed E-state index contributed by atoms with van der Waals surface area (Å²) in [6.45, 7) is 0.749. The van der Waals surface area contributed by atoms with Crippen LogP contribution in [0.4, 0.5) is 0 Å². The molecule has 0 aliphatic heterocycles. The molecule has 3 heteroatoms. The molecule has 1 aliphatic rings. The summed E-state index contributed by atoms with van der Waals surface area (Å²) >= 11 is 3.58. The van der Waals surface area contributed by atoms with Gasteiger partial charge < -0.3 is 5.73 Å². The zero-order valence-corrected chi connectivity index (χ0v) is 11.0. The number of unbranched alkanes of at least 4 members (excludes halogenated alkanes) is 1. The summed E-state index contributed by atoms with van der Waals surface area (Å²) in [6.07, 6.45) is 12.1. The fourth-order valence-corrected chi connectivity index (χ4v) is 2.60. The van der Waals surface area contributed by atoms with Crippen LogP contribution in [0.15, 0.2) is 10.7 Å². The van der Waals surface area contributed by atoms with E-state index in [1.54, 1.807) is 0 Å². The van der Waals surface area contributed by atoms with Gasteiger partial charge in [-0.3, -0.25) is 4.98 Å². The quantitative estimate of drug-likeness (QED) is 0.852. The van der Waals surface area contributed by atoms with E-state index in [4.69, 9.17) is 5.73 Å². The van der Waals surface area contributed by atoms with Crippen molar-refractivity contribution in [1.29, 1.82) is 0 Å². The maximum atomic E-state index is 5.50. The van der Waals surface area contributed by atoms with Gasteiger partial charge in [0, 0.05) is 15.9 Å². The molecule has 0 fully saturated rings. The molecule has 1 aromatic rings. The number of nitrogens with two attached hydrogens (primary N) is 1. The van der Waals surface area contributed by atoms with E-state index in [2.05, 4.69) is 33.1 Å². The molecule has 1 heterocycles. The van der Waals surface area contributed by atoms with Gasteiger partial charge >= 0.3 is 0 Å². The molecule has 0 aromatic carbocycles. The van der Waals surface area contributed by atoms with Crippen LogP contribution in [-0.2, 0) is 6.42 Å². The lowest BCUT2D eigenvalue weighted by atomic mass is 10.00. The Morgan fingerprint density at radius 2 is 2.38 bits per heavy atom. The van der Waals surface area contributed by atoms with Gasteiger partial charge in [-0.15, -0.1) is 0 Å². The standard InChI is InChI=1S/C13H17BrN2/c14-12-9-16-13(7-3-4-8-15)11-6-2-1-5-10(11)12/h6-7,9H,1-5,8,15H2. The van der Waals surface area contributed by atoms with E-state index < -0.39 is 0 Å². The van der Waals surface area contributed by atoms with E-state index in [0.29, 0.717) is 0 Å². The Kier molecular flexibility index (Phi) is 4.13. The molecule has 0 unspecified atom stereocenters. The Labute approximate surface area is 104 Å². The Hall–Kier alpha value is -0.670. The number of halogens is 1. The van der Waals surface area contributed by atoms with Crippen LogP contribution in [0.2, 0.25) is 0 Å². The molecule has 2 nitrogen and oxygen atoms in total. The zero-order chi connectivity index (χ0) is 11.4. The number of aromatic nitrogens is 1. The minimum atomic E-state index is 0.749. The van der Waals surface area contributed by atoms with E-state index in [1.807, 2.05) is 6.20 Å². The van der Waals surface area contributed by atoms with Crippen molar-refractivity contribution in [2.75, 3.05) is 6.54 Å². The molecular weight excluding hydrogens is 264 g/mol. The Morgan fingerprint density at radius 1 is 1.50 bits per heavy atom. The topological polar surface area (TPSA) is 38.9 Å². The van der Waals surface area contributed by atoms with Gasteiger partial charge in [0.25, 0.3) is 0 Å². The molecule has 0 atom stereocenters. The predicted molar refractivity (Wildman–Crippen MR) is 71.3 cm³/mol. The Balaban J connectivity index is 2.45. The zero-order valence-electron chi connectivity index (χ0n) is 9.38. The normalized spacial score (nSPS) is 15.8. The van der Waals surface area contributed by atoms with Gasteiger partial charge in [-0.05, 0) is 60.1 Å². The molecule has 2 N–H and O–H groups in total. The fraction of sp³-hybridized carbons (Fsp3) is 0.462. The number of fused-ring (bicyclic) bond motifs is 1. The highest BCUT2D eigenvalue weighted by Crippen LogP contribution is 2.15. The SMILES string of the molecule is NCCCC=c1ncc(Br)c2c1=CCCC2. The third-order valence-corrected chi connectivity index (χ3v) is 3.62. The van der Waals surface area contributed by atoms with Crippen molar-refractivity contribution in [1.82, 2.24) is 4.98 Å². The molecule has 0 spiro atoms. The highest BCUT2D eigenvalue weighted by atomic mass is 79.9. The first-order valence-electron chi connectivity index (χ1n) is 5.87. The molecular formula is C13H17BrN2. The average Bonchev–Trinajstić information content (AvgIpc) is 2.33. The largest absolute Gasteiger partial charge is 0.330 e. The van der Waals surface area contributed by atoms with Crippen molar-refractivity contribution in [3.05, 3.63) is 26.8 Å². The maximum absolute atomic E-state index is 5.50. The molecule has 1 aliphatic carbocycles. The number of nitrogens with zero attached hydrogens (tertiary/aromatic N) is 1. The Morgan fingerprint density at radius 3 is 3.19 bits per heavy atom. The van der Waals surface area contributed by atoms with Gasteiger partial charge in [0.2, 0.25) is 0 Å². The molecule has 0 saturated carbocycles. The van der Waals surface area contributed by atoms with Crippen LogP contribution in [0.3, 0.4) is 0 Å². The van der Waals surface area contributed by atoms with Crippen molar-refractivity contribution >= 4 is 28.1 Å². The van der Waals surface area contributed by atoms with E-state index >= 15 is 0 Å². The van der Waals surface area contributed by atoms with Crippen molar-refractivity contribution in [2.24, 2.45) is 5.73 Å². The maximum Gasteiger partial charge on any atom is 0.0662 e. The minimum Gasteiger partial charge on any atom is -0.330 e. The van der Waals surface area contributed by atoms with E-state index in [-0.39, 0.29) is 0 Å². The summed E-state index contributed by atoms with van der Waals surface area (Å²) in [5.74, 6) is 0. The summed E-state index contributed by atoms with van der Waals surface area (Å²) in [5.41, 5.74) is 6.92. The molecule has 0 radical (unpaired) electrons. The van der Waals surface area contributed by atoms with Crippen molar-refractivity contribution in [2.45, 2.75) is 32.1 Å². The summed E-state index contributed by atoms with van der Waals surface area (Å²) in [6, 6.07) is 0. The third-order valence-electron chi connectivity index (χ3n) is 2.93. The lowest BCUT2D eigenvalue weighted by Gasteiger charge is -2.10. The van der Waals surface area contributed by atoms with Gasteiger partial charge in [0.1, 0.15) is 0 Å². The van der Waals surface area contributed by atoms with E-state index in [0.717, 1.165) is 35.6 Å². The number of hydrogen-bond acceptors (Lipinski definition) is 2.